The lowest BCUT2D eigenvalue weighted by molar-refractivity contribution is -0.113. The van der Waals surface area contributed by atoms with Gasteiger partial charge in [0.2, 0.25) is 0 Å². The summed E-state index contributed by atoms with van der Waals surface area (Å²) >= 11 is 1.49. The fourth-order valence-electron chi connectivity index (χ4n) is 2.55. The number of anilines is 1. The van der Waals surface area contributed by atoms with Gasteiger partial charge in [0, 0.05) is 46.0 Å². The highest BCUT2D eigenvalue weighted by molar-refractivity contribution is 8.18. The summed E-state index contributed by atoms with van der Waals surface area (Å²) in [6.07, 6.45) is 1.93. The van der Waals surface area contributed by atoms with Crippen molar-refractivity contribution in [1.82, 2.24) is 9.80 Å². The van der Waals surface area contributed by atoms with Crippen LogP contribution in [0.4, 0.5) is 5.69 Å². The van der Waals surface area contributed by atoms with Crippen molar-refractivity contribution in [2.75, 3.05) is 52.2 Å². The molecule has 6 heteroatoms. The molecule has 0 aliphatic carbocycles. The van der Waals surface area contributed by atoms with E-state index in [1.807, 2.05) is 32.3 Å². The van der Waals surface area contributed by atoms with E-state index in [2.05, 4.69) is 38.9 Å². The molecule has 3 rings (SSSR count). The number of benzene rings is 1. The zero-order valence-corrected chi connectivity index (χ0v) is 14.6. The zero-order valence-electron chi connectivity index (χ0n) is 13.8. The van der Waals surface area contributed by atoms with Crippen molar-refractivity contribution in [2.45, 2.75) is 0 Å². The molecule has 23 heavy (non-hydrogen) atoms. The molecule has 2 aliphatic heterocycles. The van der Waals surface area contributed by atoms with E-state index in [0.717, 1.165) is 42.6 Å². The highest BCUT2D eigenvalue weighted by Gasteiger charge is 2.27. The van der Waals surface area contributed by atoms with Crippen molar-refractivity contribution < 1.29 is 4.79 Å². The van der Waals surface area contributed by atoms with Gasteiger partial charge in [0.05, 0.1) is 4.91 Å². The first-order valence-electron chi connectivity index (χ1n) is 7.76. The Balaban J connectivity index is 1.69. The molecule has 0 bridgehead atoms. The molecule has 0 unspecified atom stereocenters. The lowest BCUT2D eigenvalue weighted by atomic mass is 10.2. The maximum absolute atomic E-state index is 12.1. The molecule has 0 aromatic heterocycles. The molecule has 1 aromatic rings. The minimum Gasteiger partial charge on any atom is -0.378 e. The molecule has 0 atom stereocenters. The van der Waals surface area contributed by atoms with Gasteiger partial charge in [-0.3, -0.25) is 4.79 Å². The lowest BCUT2D eigenvalue weighted by Crippen LogP contribution is -2.46. The summed E-state index contributed by atoms with van der Waals surface area (Å²) in [6, 6.07) is 8.17. The van der Waals surface area contributed by atoms with Crippen molar-refractivity contribution in [1.29, 1.82) is 0 Å². The fourth-order valence-corrected chi connectivity index (χ4v) is 3.52. The van der Waals surface area contributed by atoms with Gasteiger partial charge in [-0.1, -0.05) is 12.1 Å². The average molecular weight is 330 g/mol. The van der Waals surface area contributed by atoms with E-state index in [1.165, 1.54) is 11.8 Å². The Morgan fingerprint density at radius 3 is 2.39 bits per heavy atom. The molecule has 0 saturated carbocycles. The van der Waals surface area contributed by atoms with Gasteiger partial charge in [0.15, 0.2) is 5.17 Å². The van der Waals surface area contributed by atoms with Crippen LogP contribution in [0.2, 0.25) is 0 Å². The molecule has 0 spiro atoms. The van der Waals surface area contributed by atoms with E-state index in [0.29, 0.717) is 4.91 Å². The number of amides is 1. The number of nitrogens with zero attached hydrogens (tertiary/aromatic N) is 4. The number of piperazine rings is 1. The number of carbonyl (C=O) groups is 1. The van der Waals surface area contributed by atoms with Crippen LogP contribution in [0.3, 0.4) is 0 Å². The Morgan fingerprint density at radius 1 is 1.13 bits per heavy atom. The van der Waals surface area contributed by atoms with Crippen molar-refractivity contribution >= 4 is 34.6 Å². The Morgan fingerprint density at radius 2 is 1.78 bits per heavy atom. The standard InChI is InChI=1S/C17H22N4OS/c1-19(2)14-6-4-13(5-7-14)12-15-16(22)18-17(23-15)21-10-8-20(3)9-11-21/h4-7,12H,8-11H2,1-3H3/b15-12+. The molecule has 0 radical (unpaired) electrons. The van der Waals surface area contributed by atoms with Crippen molar-refractivity contribution in [3.8, 4) is 0 Å². The summed E-state index contributed by atoms with van der Waals surface area (Å²) < 4.78 is 0. The number of rotatable bonds is 2. The number of thioether (sulfide) groups is 1. The summed E-state index contributed by atoms with van der Waals surface area (Å²) in [4.78, 5) is 23.6. The second-order valence-electron chi connectivity index (χ2n) is 6.09. The van der Waals surface area contributed by atoms with E-state index in [9.17, 15) is 4.79 Å². The van der Waals surface area contributed by atoms with Gasteiger partial charge in [-0.15, -0.1) is 0 Å². The minimum atomic E-state index is -0.124. The van der Waals surface area contributed by atoms with Crippen LogP contribution in [0.5, 0.6) is 0 Å². The number of hydrogen-bond donors (Lipinski definition) is 0. The fraction of sp³-hybridized carbons (Fsp3) is 0.412. The molecule has 1 amide bonds. The molecule has 1 aromatic carbocycles. The third-order valence-corrected chi connectivity index (χ3v) is 5.13. The van der Waals surface area contributed by atoms with Crippen molar-refractivity contribution in [2.24, 2.45) is 4.99 Å². The number of aliphatic imine (C=N–C) groups is 1. The number of hydrogen-bond acceptors (Lipinski definition) is 5. The second-order valence-corrected chi connectivity index (χ2v) is 7.10. The van der Waals surface area contributed by atoms with Gasteiger partial charge in [-0.25, -0.2) is 0 Å². The second kappa shape index (κ2) is 6.76. The topological polar surface area (TPSA) is 39.1 Å². The first kappa shape index (κ1) is 16.1. The molecular weight excluding hydrogens is 308 g/mol. The summed E-state index contributed by atoms with van der Waals surface area (Å²) in [7, 11) is 6.15. The SMILES string of the molecule is CN1CCN(C2=NC(=O)/C(=C\c3ccc(N(C)C)cc3)S2)CC1. The van der Waals surface area contributed by atoms with E-state index in [1.54, 1.807) is 0 Å². The molecular formula is C17H22N4OS. The molecule has 5 nitrogen and oxygen atoms in total. The van der Waals surface area contributed by atoms with Crippen LogP contribution < -0.4 is 4.90 Å². The maximum Gasteiger partial charge on any atom is 0.286 e. The molecule has 1 saturated heterocycles. The predicted molar refractivity (Wildman–Crippen MR) is 97.8 cm³/mol. The largest absolute Gasteiger partial charge is 0.378 e. The van der Waals surface area contributed by atoms with E-state index in [-0.39, 0.29) is 5.91 Å². The quantitative estimate of drug-likeness (QED) is 0.775. The van der Waals surface area contributed by atoms with Crippen LogP contribution >= 0.6 is 11.8 Å². The summed E-state index contributed by atoms with van der Waals surface area (Å²) in [6.45, 7) is 3.89. The predicted octanol–water partition coefficient (Wildman–Crippen LogP) is 1.97. The average Bonchev–Trinajstić information content (AvgIpc) is 2.89. The summed E-state index contributed by atoms with van der Waals surface area (Å²) in [5.41, 5.74) is 2.17. The zero-order chi connectivity index (χ0) is 16.4. The first-order valence-corrected chi connectivity index (χ1v) is 8.58. The van der Waals surface area contributed by atoms with Crippen molar-refractivity contribution in [3.63, 3.8) is 0 Å². The summed E-state index contributed by atoms with van der Waals surface area (Å²) in [5.74, 6) is -0.124. The van der Waals surface area contributed by atoms with Crippen LogP contribution in [0.25, 0.3) is 6.08 Å². The Labute approximate surface area is 141 Å². The highest BCUT2D eigenvalue weighted by atomic mass is 32.2. The third-order valence-electron chi connectivity index (χ3n) is 4.09. The third kappa shape index (κ3) is 3.76. The monoisotopic (exact) mass is 330 g/mol. The van der Waals surface area contributed by atoms with Gasteiger partial charge in [-0.2, -0.15) is 4.99 Å². The molecule has 122 valence electrons. The van der Waals surface area contributed by atoms with Gasteiger partial charge >= 0.3 is 0 Å². The van der Waals surface area contributed by atoms with Crippen LogP contribution in [-0.2, 0) is 4.79 Å². The molecule has 1 fully saturated rings. The van der Waals surface area contributed by atoms with Gasteiger partial charge in [0.25, 0.3) is 5.91 Å². The smallest absolute Gasteiger partial charge is 0.286 e. The number of amidine groups is 1. The van der Waals surface area contributed by atoms with E-state index < -0.39 is 0 Å². The van der Waals surface area contributed by atoms with Crippen LogP contribution in [0.15, 0.2) is 34.2 Å². The number of likely N-dealkylation sites (N-methyl/N-ethyl adjacent to an activating group) is 1. The first-order chi connectivity index (χ1) is 11.0. The molecule has 2 heterocycles. The van der Waals surface area contributed by atoms with Crippen LogP contribution in [-0.4, -0.2) is 68.2 Å². The van der Waals surface area contributed by atoms with Gasteiger partial charge < -0.3 is 14.7 Å². The van der Waals surface area contributed by atoms with E-state index in [4.69, 9.17) is 0 Å². The maximum atomic E-state index is 12.1. The van der Waals surface area contributed by atoms with Crippen molar-refractivity contribution in [3.05, 3.63) is 34.7 Å². The normalized spacial score (nSPS) is 21.0. The van der Waals surface area contributed by atoms with Crippen LogP contribution in [0, 0.1) is 0 Å². The molecule has 2 aliphatic rings. The molecule has 0 N–H and O–H groups in total. The van der Waals surface area contributed by atoms with Crippen LogP contribution in [0.1, 0.15) is 5.56 Å². The lowest BCUT2D eigenvalue weighted by Gasteiger charge is -2.32. The van der Waals surface area contributed by atoms with E-state index >= 15 is 0 Å². The number of carbonyl (C=O) groups excluding carboxylic acids is 1. The van der Waals surface area contributed by atoms with Gasteiger partial charge in [0.1, 0.15) is 0 Å². The Kier molecular flexibility index (Phi) is 4.73. The summed E-state index contributed by atoms with van der Waals surface area (Å²) in [5, 5.41) is 0.847. The Hall–Kier alpha value is -1.79. The highest BCUT2D eigenvalue weighted by Crippen LogP contribution is 2.30. The Bertz CT molecular complexity index is 643. The van der Waals surface area contributed by atoms with Gasteiger partial charge in [-0.05, 0) is 42.6 Å². The minimum absolute atomic E-state index is 0.124.